The fourth-order valence-electron chi connectivity index (χ4n) is 5.73. The van der Waals surface area contributed by atoms with Crippen LogP contribution in [0.2, 0.25) is 0 Å². The normalized spacial score (nSPS) is 20.2. The topological polar surface area (TPSA) is 13.1 Å². The van der Waals surface area contributed by atoms with Crippen LogP contribution in [-0.4, -0.2) is 0 Å². The molecule has 0 aliphatic carbocycles. The number of furan rings is 1. The second-order valence-corrected chi connectivity index (χ2v) is 10.5. The Hall–Kier alpha value is -6.44. The average Bonchev–Trinajstić information content (AvgIpc) is 4.01. The third-order valence-electron chi connectivity index (χ3n) is 7.82. The van der Waals surface area contributed by atoms with Crippen LogP contribution in [0.1, 0.15) is 41.1 Å². The molecule has 1 heterocycles. The molecule has 0 aliphatic rings. The number of benzene rings is 9. The van der Waals surface area contributed by atoms with E-state index in [1.165, 1.54) is 0 Å². The zero-order valence-electron chi connectivity index (χ0n) is 54.4. The molecule has 0 unspecified atom stereocenters. The molecule has 0 spiro atoms. The highest BCUT2D eigenvalue weighted by atomic mass is 16.3. The molecule has 0 fully saturated rings. The Morgan fingerprint density at radius 1 is 0.306 bits per heavy atom. The van der Waals surface area contributed by atoms with E-state index in [1.807, 2.05) is 0 Å². The molecule has 0 saturated carbocycles. The molecule has 0 saturated heterocycles. The van der Waals surface area contributed by atoms with Crippen LogP contribution < -0.4 is 0 Å². The Morgan fingerprint density at radius 3 is 1.59 bits per heavy atom. The van der Waals surface area contributed by atoms with Gasteiger partial charge >= 0.3 is 0 Å². The van der Waals surface area contributed by atoms with E-state index >= 15 is 0 Å². The van der Waals surface area contributed by atoms with Crippen LogP contribution in [0, 0.1) is 0 Å². The van der Waals surface area contributed by atoms with Gasteiger partial charge in [-0.2, -0.15) is 0 Å². The lowest BCUT2D eigenvalue weighted by Gasteiger charge is -2.18. The van der Waals surface area contributed by atoms with Crippen molar-refractivity contribution < 1.29 is 45.5 Å². The van der Waals surface area contributed by atoms with Gasteiger partial charge in [0.25, 0.3) is 0 Å². The highest BCUT2D eigenvalue weighted by Crippen LogP contribution is 2.45. The Kier molecular flexibility index (Phi) is 2.50. The molecule has 0 bridgehead atoms. The minimum absolute atomic E-state index is 0.537. The SMILES string of the molecule is [2H]c1c([2H])c([2H])c(-c2c([2H])c([2H])c3oc4c([2H])c(-c5c6c([2H])c([2H])c([2H])c([2H])c6c(-c6c([2H])c([2H])c([2H])c(-c7c([2H])c([2H])c([2H])c8c([2H])c([2H])c([2H])c([2H])c78)c6[2H])c6c([2H])c([2H])c([2H])c([2H])c56)c([2H])c([2H])c4c3c2[2H])c([2H])c1[2H]. The van der Waals surface area contributed by atoms with Crippen LogP contribution in [0.3, 0.4) is 0 Å². The third-order valence-corrected chi connectivity index (χ3v) is 7.82. The average molecular weight is 653 g/mol. The summed E-state index contributed by atoms with van der Waals surface area (Å²) in [5.74, 6) is 0. The predicted octanol–water partition coefficient (Wildman–Crippen LogP) is 13.7. The first-order chi connectivity index (χ1) is 36.8. The zero-order chi connectivity index (χ0) is 58.4. The maximum atomic E-state index is 9.86. The quantitative estimate of drug-likeness (QED) is 0.172. The number of hydrogen-bond acceptors (Lipinski definition) is 1. The standard InChI is InChI=1S/C48H30O/c1-2-12-31(13-3-1)33-25-27-45-44(29-33)39-26-24-36(30-46(39)49-45)48-42-21-8-6-19-40(42)47(41-20-7-9-22-43(41)48)35-17-10-16-34(28-35)38-23-11-15-32-14-4-5-18-37(32)38/h1-30H/i1D,2D,3D,4D,5D,6D,7D,8D,9D,10D,11D,12D,13D,14D,15D,16D,17D,18D,19D,20D,21D,22D,23D,24D,25D,26D,27D,28D,29D,30D. The molecule has 1 heteroatoms. The van der Waals surface area contributed by atoms with Gasteiger partial charge in [-0.05, 0) is 107 Å². The number of hydrogen-bond donors (Lipinski definition) is 0. The van der Waals surface area contributed by atoms with Crippen molar-refractivity contribution in [3.8, 4) is 44.5 Å². The summed E-state index contributed by atoms with van der Waals surface area (Å²) in [5.41, 5.74) is -7.72. The Bertz CT molecular complexity index is 4480. The van der Waals surface area contributed by atoms with Crippen molar-refractivity contribution in [2.45, 2.75) is 0 Å². The van der Waals surface area contributed by atoms with Crippen molar-refractivity contribution in [3.05, 3.63) is 181 Å². The van der Waals surface area contributed by atoms with E-state index in [2.05, 4.69) is 0 Å². The van der Waals surface area contributed by atoms with E-state index in [0.29, 0.717) is 0 Å². The van der Waals surface area contributed by atoms with E-state index in [1.54, 1.807) is 0 Å². The second kappa shape index (κ2) is 11.1. The number of rotatable bonds is 4. The van der Waals surface area contributed by atoms with Gasteiger partial charge < -0.3 is 4.42 Å². The first-order valence-electron chi connectivity index (χ1n) is 29.4. The molecule has 0 atom stereocenters. The highest BCUT2D eigenvalue weighted by molar-refractivity contribution is 6.22. The molecule has 49 heavy (non-hydrogen) atoms. The fraction of sp³-hybridized carbons (Fsp3) is 0. The first kappa shape index (κ1) is 11.1. The second-order valence-electron chi connectivity index (χ2n) is 10.5. The molecular formula is C48H30O. The summed E-state index contributed by atoms with van der Waals surface area (Å²) in [6.07, 6.45) is 0. The van der Waals surface area contributed by atoms with Crippen LogP contribution >= 0.6 is 0 Å². The van der Waals surface area contributed by atoms with Gasteiger partial charge in [-0.15, -0.1) is 0 Å². The molecule has 0 aliphatic heterocycles. The fourth-order valence-corrected chi connectivity index (χ4v) is 5.73. The predicted molar refractivity (Wildman–Crippen MR) is 208 cm³/mol. The molecule has 228 valence electrons. The first-order valence-corrected chi connectivity index (χ1v) is 14.4. The molecule has 10 rings (SSSR count). The van der Waals surface area contributed by atoms with Crippen molar-refractivity contribution in [2.24, 2.45) is 0 Å². The molecule has 1 nitrogen and oxygen atoms in total. The van der Waals surface area contributed by atoms with Crippen LogP contribution in [0.25, 0.3) is 98.8 Å². The molecule has 0 N–H and O–H groups in total. The van der Waals surface area contributed by atoms with Gasteiger partial charge in [-0.1, -0.05) is 151 Å². The summed E-state index contributed by atoms with van der Waals surface area (Å²) in [6, 6.07) is -28.8. The number of fused-ring (bicyclic) bond motifs is 6. The van der Waals surface area contributed by atoms with Gasteiger partial charge in [0.2, 0.25) is 0 Å². The van der Waals surface area contributed by atoms with Gasteiger partial charge in [0, 0.05) is 10.8 Å². The van der Waals surface area contributed by atoms with Gasteiger partial charge in [0.05, 0.1) is 41.1 Å². The summed E-state index contributed by atoms with van der Waals surface area (Å²) >= 11 is 0. The third kappa shape index (κ3) is 4.47. The summed E-state index contributed by atoms with van der Waals surface area (Å²) < 4.78 is 276. The van der Waals surface area contributed by atoms with E-state index in [0.717, 1.165) is 0 Å². The molecule has 0 amide bonds. The smallest absolute Gasteiger partial charge is 0.136 e. The highest BCUT2D eigenvalue weighted by Gasteiger charge is 2.18. The Labute approximate surface area is 326 Å². The van der Waals surface area contributed by atoms with Crippen molar-refractivity contribution in [3.63, 3.8) is 0 Å². The maximum Gasteiger partial charge on any atom is 0.136 e. The molecule has 0 radical (unpaired) electrons. The van der Waals surface area contributed by atoms with E-state index in [9.17, 15) is 13.7 Å². The van der Waals surface area contributed by atoms with Gasteiger partial charge in [0.1, 0.15) is 11.2 Å². The van der Waals surface area contributed by atoms with E-state index in [-0.39, 0.29) is 0 Å². The van der Waals surface area contributed by atoms with Crippen molar-refractivity contribution in [1.82, 2.24) is 0 Å². The molecular weight excluding hydrogens is 593 g/mol. The summed E-state index contributed by atoms with van der Waals surface area (Å²) in [5, 5.41) is -5.58. The van der Waals surface area contributed by atoms with Gasteiger partial charge in [-0.3, -0.25) is 0 Å². The zero-order valence-corrected chi connectivity index (χ0v) is 24.4. The summed E-state index contributed by atoms with van der Waals surface area (Å²) in [6.45, 7) is 0. The van der Waals surface area contributed by atoms with Crippen LogP contribution in [0.5, 0.6) is 0 Å². The summed E-state index contributed by atoms with van der Waals surface area (Å²) in [4.78, 5) is 0. The van der Waals surface area contributed by atoms with Crippen LogP contribution in [-0.2, 0) is 0 Å². The van der Waals surface area contributed by atoms with Crippen molar-refractivity contribution >= 4 is 54.3 Å². The van der Waals surface area contributed by atoms with Crippen LogP contribution in [0.4, 0.5) is 0 Å². The lowest BCUT2D eigenvalue weighted by atomic mass is 9.85. The van der Waals surface area contributed by atoms with Crippen molar-refractivity contribution in [2.75, 3.05) is 0 Å². The molecule has 10 aromatic rings. The monoisotopic (exact) mass is 652 g/mol. The van der Waals surface area contributed by atoms with E-state index < -0.39 is 280 Å². The lowest BCUT2D eigenvalue weighted by molar-refractivity contribution is 0.669. The van der Waals surface area contributed by atoms with E-state index in [4.69, 9.17) is 31.8 Å². The summed E-state index contributed by atoms with van der Waals surface area (Å²) in [7, 11) is 0. The minimum atomic E-state index is -1.10. The van der Waals surface area contributed by atoms with Gasteiger partial charge in [0.15, 0.2) is 0 Å². The molecule has 9 aromatic carbocycles. The Balaban J connectivity index is 1.44. The largest absolute Gasteiger partial charge is 0.456 e. The van der Waals surface area contributed by atoms with Crippen molar-refractivity contribution in [1.29, 1.82) is 0 Å². The lowest BCUT2D eigenvalue weighted by Crippen LogP contribution is -1.91. The molecule has 1 aromatic heterocycles. The maximum absolute atomic E-state index is 9.86. The Morgan fingerprint density at radius 2 is 0.857 bits per heavy atom. The minimum Gasteiger partial charge on any atom is -0.456 e. The van der Waals surface area contributed by atoms with Crippen LogP contribution in [0.15, 0.2) is 186 Å². The van der Waals surface area contributed by atoms with Gasteiger partial charge in [-0.25, -0.2) is 0 Å².